The molecule has 0 saturated carbocycles. The number of hydrogen-bond donors (Lipinski definition) is 1. The molecule has 152 valence electrons. The number of quaternary nitrogens is 1. The largest absolute Gasteiger partial charge is 0.497 e. The standard InChI is InChI=1S/C24H27NO4/c1-4-16-7-9-19-17(13-24(26)29-23(19)12-16)15-25-11-5-6-21(25)20-14-18(27-2)8-10-22(20)28-3/h7-10,12-14,21H,4-6,11,15H2,1-3H3/p+1/t21-/m1/s1. The number of nitrogens with one attached hydrogen (secondary N) is 1. The van der Waals surface area contributed by atoms with Gasteiger partial charge in [-0.25, -0.2) is 4.79 Å². The van der Waals surface area contributed by atoms with Gasteiger partial charge in [0.2, 0.25) is 0 Å². The van der Waals surface area contributed by atoms with Gasteiger partial charge in [0.25, 0.3) is 0 Å². The van der Waals surface area contributed by atoms with Gasteiger partial charge < -0.3 is 18.8 Å². The number of rotatable bonds is 6. The molecule has 1 aliphatic heterocycles. The maximum Gasteiger partial charge on any atom is 0.336 e. The topological polar surface area (TPSA) is 53.1 Å². The molecular formula is C24H28NO4+. The highest BCUT2D eigenvalue weighted by Gasteiger charge is 2.33. The van der Waals surface area contributed by atoms with Gasteiger partial charge in [-0.1, -0.05) is 19.1 Å². The normalized spacial score (nSPS) is 18.9. The van der Waals surface area contributed by atoms with Crippen molar-refractivity contribution in [3.8, 4) is 11.5 Å². The lowest BCUT2D eigenvalue weighted by molar-refractivity contribution is -0.931. The fourth-order valence-electron chi connectivity index (χ4n) is 4.50. The first-order valence-corrected chi connectivity index (χ1v) is 10.2. The van der Waals surface area contributed by atoms with Crippen molar-refractivity contribution >= 4 is 11.0 Å². The number of ether oxygens (including phenoxy) is 2. The van der Waals surface area contributed by atoms with Gasteiger partial charge in [0, 0.05) is 29.9 Å². The first-order chi connectivity index (χ1) is 14.1. The minimum absolute atomic E-state index is 0.283. The average molecular weight is 394 g/mol. The lowest BCUT2D eigenvalue weighted by Gasteiger charge is -2.24. The molecule has 1 aromatic heterocycles. The number of aryl methyl sites for hydroxylation is 1. The van der Waals surface area contributed by atoms with Crippen LogP contribution >= 0.6 is 0 Å². The van der Waals surface area contributed by atoms with E-state index in [4.69, 9.17) is 13.9 Å². The van der Waals surface area contributed by atoms with Gasteiger partial charge in [-0.05, 0) is 36.2 Å². The van der Waals surface area contributed by atoms with Crippen molar-refractivity contribution in [3.63, 3.8) is 0 Å². The number of hydrogen-bond acceptors (Lipinski definition) is 4. The molecule has 2 heterocycles. The van der Waals surface area contributed by atoms with Crippen molar-refractivity contribution in [1.29, 1.82) is 0 Å². The van der Waals surface area contributed by atoms with Crippen molar-refractivity contribution < 1.29 is 18.8 Å². The predicted molar refractivity (Wildman–Crippen MR) is 113 cm³/mol. The SMILES string of the molecule is CCc1ccc2c(C[NH+]3CCC[C@@H]3c3cc(OC)ccc3OC)cc(=O)oc2c1. The molecule has 0 spiro atoms. The monoisotopic (exact) mass is 394 g/mol. The predicted octanol–water partition coefficient (Wildman–Crippen LogP) is 3.29. The van der Waals surface area contributed by atoms with Crippen LogP contribution in [-0.4, -0.2) is 20.8 Å². The second-order valence-electron chi connectivity index (χ2n) is 7.66. The van der Waals surface area contributed by atoms with Crippen molar-refractivity contribution in [2.45, 2.75) is 38.8 Å². The summed E-state index contributed by atoms with van der Waals surface area (Å²) < 4.78 is 16.6. The molecule has 5 heteroatoms. The van der Waals surface area contributed by atoms with E-state index < -0.39 is 0 Å². The van der Waals surface area contributed by atoms with Crippen LogP contribution in [0.2, 0.25) is 0 Å². The summed E-state index contributed by atoms with van der Waals surface area (Å²) in [5, 5.41) is 1.03. The van der Waals surface area contributed by atoms with E-state index in [2.05, 4.69) is 25.1 Å². The highest BCUT2D eigenvalue weighted by atomic mass is 16.5. The van der Waals surface area contributed by atoms with Crippen LogP contribution < -0.4 is 20.0 Å². The van der Waals surface area contributed by atoms with Crippen LogP contribution in [0, 0.1) is 0 Å². The van der Waals surface area contributed by atoms with Crippen LogP contribution in [0.1, 0.15) is 42.5 Å². The molecule has 2 aromatic carbocycles. The first kappa shape index (κ1) is 19.5. The van der Waals surface area contributed by atoms with Gasteiger partial charge >= 0.3 is 5.63 Å². The summed E-state index contributed by atoms with van der Waals surface area (Å²) in [4.78, 5) is 13.6. The molecular weight excluding hydrogens is 366 g/mol. The Balaban J connectivity index is 1.70. The molecule has 3 aromatic rings. The molecule has 0 amide bonds. The molecule has 1 aliphatic rings. The van der Waals surface area contributed by atoms with E-state index in [1.807, 2.05) is 18.2 Å². The van der Waals surface area contributed by atoms with Crippen LogP contribution in [0.3, 0.4) is 0 Å². The Hall–Kier alpha value is -2.79. The zero-order chi connectivity index (χ0) is 20.4. The highest BCUT2D eigenvalue weighted by Crippen LogP contribution is 2.32. The third kappa shape index (κ3) is 3.87. The van der Waals surface area contributed by atoms with Crippen LogP contribution in [0.25, 0.3) is 11.0 Å². The van der Waals surface area contributed by atoms with Crippen molar-refractivity contribution in [2.24, 2.45) is 0 Å². The molecule has 5 nitrogen and oxygen atoms in total. The fourth-order valence-corrected chi connectivity index (χ4v) is 4.50. The van der Waals surface area contributed by atoms with E-state index in [1.165, 1.54) is 16.0 Å². The minimum atomic E-state index is -0.283. The van der Waals surface area contributed by atoms with Gasteiger partial charge in [0.05, 0.1) is 26.3 Å². The second-order valence-corrected chi connectivity index (χ2v) is 7.66. The highest BCUT2D eigenvalue weighted by molar-refractivity contribution is 5.80. The number of likely N-dealkylation sites (tertiary alicyclic amines) is 1. The lowest BCUT2D eigenvalue weighted by Crippen LogP contribution is -3.08. The summed E-state index contributed by atoms with van der Waals surface area (Å²) in [5.41, 5.74) is 3.78. The first-order valence-electron chi connectivity index (χ1n) is 10.2. The Bertz CT molecular complexity index is 1070. The van der Waals surface area contributed by atoms with Crippen LogP contribution in [0.4, 0.5) is 0 Å². The average Bonchev–Trinajstić information content (AvgIpc) is 3.20. The van der Waals surface area contributed by atoms with E-state index in [-0.39, 0.29) is 5.63 Å². The molecule has 29 heavy (non-hydrogen) atoms. The molecule has 1 unspecified atom stereocenters. The minimum Gasteiger partial charge on any atom is -0.497 e. The smallest absolute Gasteiger partial charge is 0.336 e. The van der Waals surface area contributed by atoms with Crippen LogP contribution in [-0.2, 0) is 13.0 Å². The van der Waals surface area contributed by atoms with Crippen LogP contribution in [0.5, 0.6) is 11.5 Å². The summed E-state index contributed by atoms with van der Waals surface area (Å²) in [6, 6.07) is 14.1. The van der Waals surface area contributed by atoms with E-state index in [9.17, 15) is 4.79 Å². The third-order valence-electron chi connectivity index (χ3n) is 6.02. The van der Waals surface area contributed by atoms with Gasteiger partial charge in [-0.2, -0.15) is 0 Å². The second kappa shape index (κ2) is 8.29. The summed E-state index contributed by atoms with van der Waals surface area (Å²) in [7, 11) is 3.39. The van der Waals surface area contributed by atoms with Gasteiger partial charge in [-0.15, -0.1) is 0 Å². The van der Waals surface area contributed by atoms with Crippen LogP contribution in [0.15, 0.2) is 51.7 Å². The maximum atomic E-state index is 12.2. The van der Waals surface area contributed by atoms with Gasteiger partial charge in [0.1, 0.15) is 29.7 Å². The van der Waals surface area contributed by atoms with E-state index >= 15 is 0 Å². The summed E-state index contributed by atoms with van der Waals surface area (Å²) in [6.07, 6.45) is 3.14. The zero-order valence-corrected chi connectivity index (χ0v) is 17.3. The van der Waals surface area contributed by atoms with E-state index in [0.717, 1.165) is 54.8 Å². The fraction of sp³-hybridized carbons (Fsp3) is 0.375. The van der Waals surface area contributed by atoms with Crippen molar-refractivity contribution in [1.82, 2.24) is 0 Å². The Morgan fingerprint density at radius 1 is 1.10 bits per heavy atom. The molecule has 4 rings (SSSR count). The lowest BCUT2D eigenvalue weighted by atomic mass is 10.0. The number of fused-ring (bicyclic) bond motifs is 1. The quantitative estimate of drug-likeness (QED) is 0.652. The van der Waals surface area contributed by atoms with Crippen molar-refractivity contribution in [3.05, 3.63) is 69.6 Å². The number of methoxy groups -OCH3 is 2. The number of benzene rings is 2. The Morgan fingerprint density at radius 2 is 1.97 bits per heavy atom. The summed E-state index contributed by atoms with van der Waals surface area (Å²) >= 11 is 0. The molecule has 1 N–H and O–H groups in total. The Morgan fingerprint density at radius 3 is 2.72 bits per heavy atom. The summed E-state index contributed by atoms with van der Waals surface area (Å²) in [6.45, 7) is 3.93. The third-order valence-corrected chi connectivity index (χ3v) is 6.02. The molecule has 0 bridgehead atoms. The van der Waals surface area contributed by atoms with E-state index in [1.54, 1.807) is 20.3 Å². The molecule has 2 atom stereocenters. The van der Waals surface area contributed by atoms with Gasteiger partial charge in [-0.3, -0.25) is 0 Å². The zero-order valence-electron chi connectivity index (χ0n) is 17.3. The van der Waals surface area contributed by atoms with E-state index in [0.29, 0.717) is 11.6 Å². The molecule has 0 radical (unpaired) electrons. The van der Waals surface area contributed by atoms with Gasteiger partial charge in [0.15, 0.2) is 0 Å². The summed E-state index contributed by atoms with van der Waals surface area (Å²) in [5.74, 6) is 1.73. The molecule has 1 saturated heterocycles. The Kier molecular flexibility index (Phi) is 5.58. The van der Waals surface area contributed by atoms with Crippen molar-refractivity contribution in [2.75, 3.05) is 20.8 Å². The maximum absolute atomic E-state index is 12.2. The molecule has 1 fully saturated rings. The Labute approximate surface area is 170 Å². The molecule has 0 aliphatic carbocycles.